The van der Waals surface area contributed by atoms with Gasteiger partial charge in [0.1, 0.15) is 11.5 Å². The largest absolute Gasteiger partial charge is 0.494 e. The maximum atomic E-state index is 12.8. The summed E-state index contributed by atoms with van der Waals surface area (Å²) in [6.45, 7) is 7.93. The third-order valence-electron chi connectivity index (χ3n) is 5.69. The molecule has 0 atom stereocenters. The van der Waals surface area contributed by atoms with Crippen molar-refractivity contribution in [2.24, 2.45) is 0 Å². The topological polar surface area (TPSA) is 42.0 Å². The third-order valence-corrected chi connectivity index (χ3v) is 5.69. The molecule has 1 amide bonds. The summed E-state index contributed by atoms with van der Waals surface area (Å²) in [5, 5.41) is 0. The van der Waals surface area contributed by atoms with Gasteiger partial charge in [-0.25, -0.2) is 0 Å². The van der Waals surface area contributed by atoms with Crippen molar-refractivity contribution in [1.29, 1.82) is 0 Å². The van der Waals surface area contributed by atoms with Crippen LogP contribution in [0.4, 0.5) is 0 Å². The van der Waals surface area contributed by atoms with E-state index in [2.05, 4.69) is 30.0 Å². The van der Waals surface area contributed by atoms with Crippen molar-refractivity contribution in [2.75, 3.05) is 39.4 Å². The minimum absolute atomic E-state index is 0.111. The molecule has 5 nitrogen and oxygen atoms in total. The number of benzene rings is 2. The molecule has 0 aliphatic carbocycles. The van der Waals surface area contributed by atoms with E-state index in [1.165, 1.54) is 11.1 Å². The van der Waals surface area contributed by atoms with Crippen LogP contribution < -0.4 is 9.47 Å². The first-order valence-electron chi connectivity index (χ1n) is 10.7. The number of hydrogen-bond donors (Lipinski definition) is 0. The summed E-state index contributed by atoms with van der Waals surface area (Å²) < 4.78 is 11.3. The molecule has 0 radical (unpaired) electrons. The zero-order chi connectivity index (χ0) is 20.1. The molecule has 5 heteroatoms. The first-order chi connectivity index (χ1) is 14.2. The fraction of sp³-hybridized carbons (Fsp3) is 0.458. The zero-order valence-electron chi connectivity index (χ0n) is 17.2. The first kappa shape index (κ1) is 19.8. The summed E-state index contributed by atoms with van der Waals surface area (Å²) in [5.74, 6) is 1.98. The number of fused-ring (bicyclic) bond motifs is 1. The molecule has 2 aromatic carbocycles. The van der Waals surface area contributed by atoms with E-state index in [0.717, 1.165) is 82.3 Å². The van der Waals surface area contributed by atoms with Crippen LogP contribution in [0.25, 0.3) is 0 Å². The lowest BCUT2D eigenvalue weighted by Gasteiger charge is -2.34. The molecule has 0 aromatic heterocycles. The summed E-state index contributed by atoms with van der Waals surface area (Å²) in [7, 11) is 0. The van der Waals surface area contributed by atoms with Crippen molar-refractivity contribution >= 4 is 5.91 Å². The minimum Gasteiger partial charge on any atom is -0.494 e. The van der Waals surface area contributed by atoms with Crippen molar-refractivity contribution in [3.8, 4) is 11.5 Å². The molecule has 29 heavy (non-hydrogen) atoms. The average molecular weight is 395 g/mol. The summed E-state index contributed by atoms with van der Waals surface area (Å²) in [6.07, 6.45) is 3.17. The zero-order valence-corrected chi connectivity index (χ0v) is 17.2. The van der Waals surface area contributed by atoms with Crippen LogP contribution in [-0.4, -0.2) is 55.1 Å². The summed E-state index contributed by atoms with van der Waals surface area (Å²) in [5.41, 5.74) is 3.38. The highest BCUT2D eigenvalue weighted by molar-refractivity contribution is 5.94. The number of ether oxygens (including phenoxy) is 2. The Morgan fingerprint density at radius 2 is 1.86 bits per heavy atom. The lowest BCUT2D eigenvalue weighted by molar-refractivity contribution is 0.0628. The van der Waals surface area contributed by atoms with E-state index in [1.807, 2.05) is 29.2 Å². The lowest BCUT2D eigenvalue weighted by Crippen LogP contribution is -2.48. The molecular weight excluding hydrogens is 364 g/mol. The Hall–Kier alpha value is -2.53. The van der Waals surface area contributed by atoms with Crippen molar-refractivity contribution in [3.63, 3.8) is 0 Å². The highest BCUT2D eigenvalue weighted by atomic mass is 16.5. The Balaban J connectivity index is 1.27. The van der Waals surface area contributed by atoms with Crippen LogP contribution in [0.5, 0.6) is 11.5 Å². The van der Waals surface area contributed by atoms with E-state index in [0.29, 0.717) is 0 Å². The fourth-order valence-corrected chi connectivity index (χ4v) is 3.92. The van der Waals surface area contributed by atoms with Crippen LogP contribution in [0.3, 0.4) is 0 Å². The van der Waals surface area contributed by atoms with Gasteiger partial charge in [-0.1, -0.05) is 25.5 Å². The van der Waals surface area contributed by atoms with Crippen LogP contribution in [0.1, 0.15) is 41.3 Å². The van der Waals surface area contributed by atoms with Gasteiger partial charge in [0.2, 0.25) is 0 Å². The number of carbonyl (C=O) groups is 1. The third kappa shape index (κ3) is 4.91. The maximum absolute atomic E-state index is 12.8. The lowest BCUT2D eigenvalue weighted by atomic mass is 10.1. The van der Waals surface area contributed by atoms with E-state index < -0.39 is 0 Å². The monoisotopic (exact) mass is 394 g/mol. The Morgan fingerprint density at radius 1 is 1.07 bits per heavy atom. The van der Waals surface area contributed by atoms with E-state index >= 15 is 0 Å². The number of piperazine rings is 1. The molecule has 0 spiro atoms. The van der Waals surface area contributed by atoms with Gasteiger partial charge in [0, 0.05) is 44.7 Å². The molecule has 0 N–H and O–H groups in total. The SMILES string of the molecule is CCCCOc1ccc(C(=O)N2CCN(Cc3ccc4c(c3)CCO4)CC2)cc1. The fourth-order valence-electron chi connectivity index (χ4n) is 3.92. The summed E-state index contributed by atoms with van der Waals surface area (Å²) in [6, 6.07) is 14.1. The molecule has 4 rings (SSSR count). The molecule has 1 fully saturated rings. The Morgan fingerprint density at radius 3 is 2.62 bits per heavy atom. The number of unbranched alkanes of at least 4 members (excludes halogenated alkanes) is 1. The number of nitrogens with zero attached hydrogens (tertiary/aromatic N) is 2. The predicted octanol–water partition coefficient (Wildman–Crippen LogP) is 3.76. The van der Waals surface area contributed by atoms with Crippen molar-refractivity contribution < 1.29 is 14.3 Å². The van der Waals surface area contributed by atoms with Crippen molar-refractivity contribution in [3.05, 3.63) is 59.2 Å². The minimum atomic E-state index is 0.111. The van der Waals surface area contributed by atoms with Gasteiger partial charge in [-0.15, -0.1) is 0 Å². The van der Waals surface area contributed by atoms with Gasteiger partial charge in [-0.2, -0.15) is 0 Å². The molecule has 0 bridgehead atoms. The van der Waals surface area contributed by atoms with Crippen LogP contribution in [0, 0.1) is 0 Å². The molecule has 2 aliphatic rings. The molecule has 154 valence electrons. The summed E-state index contributed by atoms with van der Waals surface area (Å²) in [4.78, 5) is 17.2. The molecule has 0 saturated carbocycles. The molecule has 1 saturated heterocycles. The van der Waals surface area contributed by atoms with Gasteiger partial charge in [0.05, 0.1) is 13.2 Å². The van der Waals surface area contributed by atoms with Gasteiger partial charge in [-0.3, -0.25) is 9.69 Å². The van der Waals surface area contributed by atoms with Gasteiger partial charge in [0.25, 0.3) is 5.91 Å². The van der Waals surface area contributed by atoms with E-state index in [1.54, 1.807) is 0 Å². The Bertz CT molecular complexity index is 827. The van der Waals surface area contributed by atoms with E-state index in [9.17, 15) is 4.79 Å². The molecule has 2 aliphatic heterocycles. The van der Waals surface area contributed by atoms with Gasteiger partial charge in [-0.05, 0) is 47.9 Å². The van der Waals surface area contributed by atoms with Crippen molar-refractivity contribution in [2.45, 2.75) is 32.7 Å². The normalized spacial score (nSPS) is 16.4. The maximum Gasteiger partial charge on any atom is 0.253 e. The number of rotatable bonds is 7. The Kier molecular flexibility index (Phi) is 6.35. The molecule has 2 heterocycles. The second-order valence-electron chi connectivity index (χ2n) is 7.84. The van der Waals surface area contributed by atoms with Crippen LogP contribution in [-0.2, 0) is 13.0 Å². The van der Waals surface area contributed by atoms with Crippen molar-refractivity contribution in [1.82, 2.24) is 9.80 Å². The second kappa shape index (κ2) is 9.31. The van der Waals surface area contributed by atoms with Gasteiger partial charge < -0.3 is 14.4 Å². The van der Waals surface area contributed by atoms with Crippen LogP contribution in [0.2, 0.25) is 0 Å². The molecular formula is C24H30N2O3. The highest BCUT2D eigenvalue weighted by Gasteiger charge is 2.22. The predicted molar refractivity (Wildman–Crippen MR) is 114 cm³/mol. The smallest absolute Gasteiger partial charge is 0.253 e. The van der Waals surface area contributed by atoms with Gasteiger partial charge in [0.15, 0.2) is 0 Å². The van der Waals surface area contributed by atoms with Gasteiger partial charge >= 0.3 is 0 Å². The number of amides is 1. The second-order valence-corrected chi connectivity index (χ2v) is 7.84. The first-order valence-corrected chi connectivity index (χ1v) is 10.7. The van der Waals surface area contributed by atoms with E-state index in [-0.39, 0.29) is 5.91 Å². The van der Waals surface area contributed by atoms with Crippen LogP contribution in [0.15, 0.2) is 42.5 Å². The van der Waals surface area contributed by atoms with Crippen LogP contribution >= 0.6 is 0 Å². The highest BCUT2D eigenvalue weighted by Crippen LogP contribution is 2.26. The quantitative estimate of drug-likeness (QED) is 0.671. The molecule has 0 unspecified atom stereocenters. The summed E-state index contributed by atoms with van der Waals surface area (Å²) >= 11 is 0. The molecule has 2 aromatic rings. The number of hydrogen-bond acceptors (Lipinski definition) is 4. The average Bonchev–Trinajstić information content (AvgIpc) is 3.22. The van der Waals surface area contributed by atoms with E-state index in [4.69, 9.17) is 9.47 Å². The number of carbonyl (C=O) groups excluding carboxylic acids is 1. The standard InChI is InChI=1S/C24H30N2O3/c1-2-3-15-28-22-7-5-20(6-8-22)24(27)26-13-11-25(12-14-26)18-19-4-9-23-21(17-19)10-16-29-23/h4-9,17H,2-3,10-16,18H2,1H3. The Labute approximate surface area is 173 Å².